The fraction of sp³-hybridized carbons (Fsp3) is 0.917. The summed E-state index contributed by atoms with van der Waals surface area (Å²) in [6, 6.07) is 3.11. The van der Waals surface area contributed by atoms with Gasteiger partial charge in [-0.3, -0.25) is 0 Å². The molecule has 0 radical (unpaired) electrons. The van der Waals surface area contributed by atoms with E-state index in [9.17, 15) is 0 Å². The van der Waals surface area contributed by atoms with E-state index >= 15 is 0 Å². The Kier molecular flexibility index (Phi) is 4.56. The van der Waals surface area contributed by atoms with Gasteiger partial charge in [-0.05, 0) is 52.7 Å². The van der Waals surface area contributed by atoms with Gasteiger partial charge in [-0.1, -0.05) is 6.92 Å². The standard InChI is InChI=1S/C12H23N3/c1-4-9-15(3)11-5-7-12(10-13,14-2)8-6-11/h11,14H,4-9H2,1-3H3. The highest BCUT2D eigenvalue weighted by atomic mass is 15.1. The van der Waals surface area contributed by atoms with E-state index in [1.807, 2.05) is 7.05 Å². The molecule has 1 N–H and O–H groups in total. The van der Waals surface area contributed by atoms with Crippen molar-refractivity contribution in [3.05, 3.63) is 0 Å². The maximum Gasteiger partial charge on any atom is 0.106 e. The molecule has 0 unspecified atom stereocenters. The molecule has 1 aliphatic carbocycles. The van der Waals surface area contributed by atoms with E-state index < -0.39 is 0 Å². The minimum absolute atomic E-state index is 0.246. The topological polar surface area (TPSA) is 39.1 Å². The number of nitrogens with zero attached hydrogens (tertiary/aromatic N) is 2. The second kappa shape index (κ2) is 5.48. The highest BCUT2D eigenvalue weighted by molar-refractivity contribution is 5.09. The summed E-state index contributed by atoms with van der Waals surface area (Å²) < 4.78 is 0. The van der Waals surface area contributed by atoms with Crippen molar-refractivity contribution in [2.24, 2.45) is 0 Å². The van der Waals surface area contributed by atoms with Crippen molar-refractivity contribution in [3.8, 4) is 6.07 Å². The molecule has 3 nitrogen and oxygen atoms in total. The molecular formula is C12H23N3. The molecule has 0 aromatic rings. The van der Waals surface area contributed by atoms with Crippen LogP contribution in [0, 0.1) is 11.3 Å². The van der Waals surface area contributed by atoms with Gasteiger partial charge in [0.1, 0.15) is 5.54 Å². The monoisotopic (exact) mass is 209 g/mol. The first-order chi connectivity index (χ1) is 7.17. The molecule has 3 heteroatoms. The second-order valence-electron chi connectivity index (χ2n) is 4.66. The summed E-state index contributed by atoms with van der Waals surface area (Å²) in [6.07, 6.45) is 5.47. The molecule has 0 heterocycles. The molecule has 0 saturated heterocycles. The maximum absolute atomic E-state index is 9.14. The van der Waals surface area contributed by atoms with Gasteiger partial charge < -0.3 is 10.2 Å². The van der Waals surface area contributed by atoms with Crippen LogP contribution in [0.2, 0.25) is 0 Å². The summed E-state index contributed by atoms with van der Waals surface area (Å²) >= 11 is 0. The van der Waals surface area contributed by atoms with E-state index in [-0.39, 0.29) is 5.54 Å². The van der Waals surface area contributed by atoms with Crippen LogP contribution in [0.3, 0.4) is 0 Å². The molecule has 1 aliphatic rings. The van der Waals surface area contributed by atoms with Crippen molar-refractivity contribution >= 4 is 0 Å². The average Bonchev–Trinajstić information content (AvgIpc) is 2.29. The maximum atomic E-state index is 9.14. The summed E-state index contributed by atoms with van der Waals surface area (Å²) in [7, 11) is 4.10. The molecule has 86 valence electrons. The van der Waals surface area contributed by atoms with Crippen LogP contribution in [0.15, 0.2) is 0 Å². The molecular weight excluding hydrogens is 186 g/mol. The summed E-state index contributed by atoms with van der Waals surface area (Å²) in [6.45, 7) is 3.39. The van der Waals surface area contributed by atoms with Gasteiger partial charge >= 0.3 is 0 Å². The lowest BCUT2D eigenvalue weighted by Gasteiger charge is -2.38. The van der Waals surface area contributed by atoms with Crippen LogP contribution in [0.25, 0.3) is 0 Å². The van der Waals surface area contributed by atoms with Gasteiger partial charge in [0.05, 0.1) is 6.07 Å². The average molecular weight is 209 g/mol. The van der Waals surface area contributed by atoms with Crippen LogP contribution in [0.1, 0.15) is 39.0 Å². The van der Waals surface area contributed by atoms with Crippen LogP contribution in [-0.2, 0) is 0 Å². The van der Waals surface area contributed by atoms with Crippen molar-refractivity contribution in [1.82, 2.24) is 10.2 Å². The Bertz CT molecular complexity index is 224. The first-order valence-corrected chi connectivity index (χ1v) is 5.98. The number of hydrogen-bond donors (Lipinski definition) is 1. The van der Waals surface area contributed by atoms with Gasteiger partial charge in [0, 0.05) is 6.04 Å². The minimum atomic E-state index is -0.246. The zero-order valence-electron chi connectivity index (χ0n) is 10.2. The normalized spacial score (nSPS) is 31.5. The van der Waals surface area contributed by atoms with E-state index in [0.29, 0.717) is 6.04 Å². The Morgan fingerprint density at radius 1 is 1.47 bits per heavy atom. The third kappa shape index (κ3) is 2.93. The predicted octanol–water partition coefficient (Wildman–Crippen LogP) is 1.75. The van der Waals surface area contributed by atoms with Gasteiger partial charge in [-0.15, -0.1) is 0 Å². The lowest BCUT2D eigenvalue weighted by atomic mass is 9.80. The highest BCUT2D eigenvalue weighted by Gasteiger charge is 2.34. The van der Waals surface area contributed by atoms with Gasteiger partial charge in [0.25, 0.3) is 0 Å². The summed E-state index contributed by atoms with van der Waals surface area (Å²) in [5.41, 5.74) is -0.246. The lowest BCUT2D eigenvalue weighted by Crippen LogP contribution is -2.48. The number of rotatable bonds is 4. The van der Waals surface area contributed by atoms with E-state index in [0.717, 1.165) is 25.7 Å². The lowest BCUT2D eigenvalue weighted by molar-refractivity contribution is 0.157. The van der Waals surface area contributed by atoms with E-state index in [1.54, 1.807) is 0 Å². The van der Waals surface area contributed by atoms with E-state index in [1.165, 1.54) is 13.0 Å². The number of nitriles is 1. The molecule has 0 aromatic heterocycles. The summed E-state index contributed by atoms with van der Waals surface area (Å²) in [5.74, 6) is 0. The summed E-state index contributed by atoms with van der Waals surface area (Å²) in [5, 5.41) is 12.3. The predicted molar refractivity (Wildman–Crippen MR) is 62.6 cm³/mol. The second-order valence-corrected chi connectivity index (χ2v) is 4.66. The first-order valence-electron chi connectivity index (χ1n) is 5.98. The molecule has 0 aromatic carbocycles. The molecule has 0 spiro atoms. The highest BCUT2D eigenvalue weighted by Crippen LogP contribution is 2.29. The van der Waals surface area contributed by atoms with Crippen LogP contribution in [0.4, 0.5) is 0 Å². The van der Waals surface area contributed by atoms with Crippen LogP contribution < -0.4 is 5.32 Å². The number of nitrogens with one attached hydrogen (secondary N) is 1. The van der Waals surface area contributed by atoms with Crippen LogP contribution in [0.5, 0.6) is 0 Å². The summed E-state index contributed by atoms with van der Waals surface area (Å²) in [4.78, 5) is 2.44. The Morgan fingerprint density at radius 2 is 2.07 bits per heavy atom. The smallest absolute Gasteiger partial charge is 0.106 e. The quantitative estimate of drug-likeness (QED) is 0.766. The van der Waals surface area contributed by atoms with E-state index in [4.69, 9.17) is 5.26 Å². The molecule has 0 bridgehead atoms. The molecule has 1 rings (SSSR count). The SMILES string of the molecule is CCCN(C)C1CCC(C#N)(NC)CC1. The Morgan fingerprint density at radius 3 is 2.47 bits per heavy atom. The van der Waals surface area contributed by atoms with Gasteiger partial charge in [0.15, 0.2) is 0 Å². The van der Waals surface area contributed by atoms with Gasteiger partial charge in [0.2, 0.25) is 0 Å². The fourth-order valence-corrected chi connectivity index (χ4v) is 2.49. The first kappa shape index (κ1) is 12.5. The van der Waals surface area contributed by atoms with Gasteiger partial charge in [-0.2, -0.15) is 5.26 Å². The molecule has 1 fully saturated rings. The van der Waals surface area contributed by atoms with Crippen LogP contribution >= 0.6 is 0 Å². The molecule has 15 heavy (non-hydrogen) atoms. The minimum Gasteiger partial charge on any atom is -0.303 e. The number of hydrogen-bond acceptors (Lipinski definition) is 3. The van der Waals surface area contributed by atoms with Crippen molar-refractivity contribution < 1.29 is 0 Å². The van der Waals surface area contributed by atoms with Gasteiger partial charge in [-0.25, -0.2) is 0 Å². The molecule has 0 atom stereocenters. The zero-order chi connectivity index (χ0) is 11.3. The van der Waals surface area contributed by atoms with Crippen molar-refractivity contribution in [2.75, 3.05) is 20.6 Å². The van der Waals surface area contributed by atoms with Crippen molar-refractivity contribution in [3.63, 3.8) is 0 Å². The Labute approximate surface area is 93.5 Å². The van der Waals surface area contributed by atoms with Crippen LogP contribution in [-0.4, -0.2) is 37.1 Å². The third-order valence-electron chi connectivity index (χ3n) is 3.70. The largest absolute Gasteiger partial charge is 0.303 e. The molecule has 0 aliphatic heterocycles. The van der Waals surface area contributed by atoms with Crippen molar-refractivity contribution in [2.45, 2.75) is 50.6 Å². The molecule has 1 saturated carbocycles. The zero-order valence-corrected chi connectivity index (χ0v) is 10.2. The van der Waals surface area contributed by atoms with E-state index in [2.05, 4.69) is 30.3 Å². The third-order valence-corrected chi connectivity index (χ3v) is 3.70. The Balaban J connectivity index is 2.45. The molecule has 0 amide bonds. The van der Waals surface area contributed by atoms with Crippen molar-refractivity contribution in [1.29, 1.82) is 5.26 Å². The fourth-order valence-electron chi connectivity index (χ4n) is 2.49. The Hall–Kier alpha value is -0.590.